The van der Waals surface area contributed by atoms with E-state index >= 15 is 0 Å². The van der Waals surface area contributed by atoms with Crippen molar-refractivity contribution >= 4 is 23.4 Å². The molecule has 0 bridgehead atoms. The number of rotatable bonds is 5. The molecule has 3 aliphatic rings. The van der Waals surface area contributed by atoms with Crippen LogP contribution in [0.3, 0.4) is 0 Å². The van der Waals surface area contributed by atoms with E-state index in [2.05, 4.69) is 10.6 Å². The first-order valence-corrected chi connectivity index (χ1v) is 11.1. The lowest BCUT2D eigenvalue weighted by molar-refractivity contribution is -0.133. The molecular formula is C23H31N3O3. The quantitative estimate of drug-likeness (QED) is 0.800. The first-order valence-electron chi connectivity index (χ1n) is 11.1. The van der Waals surface area contributed by atoms with Crippen LogP contribution in [-0.2, 0) is 9.59 Å². The van der Waals surface area contributed by atoms with E-state index in [1.165, 1.54) is 6.42 Å². The Morgan fingerprint density at radius 2 is 1.59 bits per heavy atom. The Bertz CT molecular complexity index is 760. The molecule has 0 spiro atoms. The molecule has 1 aromatic carbocycles. The van der Waals surface area contributed by atoms with Gasteiger partial charge in [0.2, 0.25) is 11.8 Å². The largest absolute Gasteiger partial charge is 0.349 e. The molecule has 2 saturated carbocycles. The molecule has 3 fully saturated rings. The zero-order valence-electron chi connectivity index (χ0n) is 17.0. The van der Waals surface area contributed by atoms with Crippen LogP contribution in [-0.4, -0.2) is 41.8 Å². The van der Waals surface area contributed by atoms with Crippen LogP contribution < -0.4 is 10.6 Å². The van der Waals surface area contributed by atoms with Crippen LogP contribution in [0.2, 0.25) is 0 Å². The molecule has 0 atom stereocenters. The maximum atomic E-state index is 12.7. The fourth-order valence-corrected chi connectivity index (χ4v) is 4.45. The van der Waals surface area contributed by atoms with E-state index in [9.17, 15) is 14.4 Å². The van der Waals surface area contributed by atoms with E-state index in [1.54, 1.807) is 12.1 Å². The van der Waals surface area contributed by atoms with Gasteiger partial charge in [0.25, 0.3) is 5.91 Å². The van der Waals surface area contributed by atoms with E-state index in [4.69, 9.17) is 0 Å². The summed E-state index contributed by atoms with van der Waals surface area (Å²) in [5, 5.41) is 6.08. The molecular weight excluding hydrogens is 366 g/mol. The van der Waals surface area contributed by atoms with E-state index in [1.807, 2.05) is 17.0 Å². The first kappa shape index (κ1) is 19.9. The summed E-state index contributed by atoms with van der Waals surface area (Å²) in [5.74, 6) is 0.578. The minimum Gasteiger partial charge on any atom is -0.349 e. The van der Waals surface area contributed by atoms with E-state index in [0.717, 1.165) is 64.5 Å². The van der Waals surface area contributed by atoms with E-state index in [0.29, 0.717) is 11.3 Å². The summed E-state index contributed by atoms with van der Waals surface area (Å²) in [7, 11) is 0. The number of hydrogen-bond donors (Lipinski definition) is 2. The number of nitrogens with zero attached hydrogens (tertiary/aromatic N) is 1. The molecule has 2 aliphatic carbocycles. The smallest absolute Gasteiger partial charge is 0.251 e. The number of carbonyl (C=O) groups excluding carboxylic acids is 3. The van der Waals surface area contributed by atoms with Crippen molar-refractivity contribution in [3.8, 4) is 0 Å². The average molecular weight is 398 g/mol. The summed E-state index contributed by atoms with van der Waals surface area (Å²) in [6.45, 7) is 1.44. The zero-order valence-corrected chi connectivity index (χ0v) is 17.0. The molecule has 4 rings (SSSR count). The van der Waals surface area contributed by atoms with Crippen LogP contribution in [0.25, 0.3) is 0 Å². The van der Waals surface area contributed by atoms with Crippen molar-refractivity contribution < 1.29 is 14.4 Å². The number of benzene rings is 1. The van der Waals surface area contributed by atoms with Gasteiger partial charge in [-0.25, -0.2) is 0 Å². The highest BCUT2D eigenvalue weighted by Gasteiger charge is 2.35. The summed E-state index contributed by atoms with van der Waals surface area (Å²) in [6, 6.07) is 7.26. The highest BCUT2D eigenvalue weighted by Crippen LogP contribution is 2.32. The molecule has 2 N–H and O–H groups in total. The summed E-state index contributed by atoms with van der Waals surface area (Å²) < 4.78 is 0. The second-order valence-electron chi connectivity index (χ2n) is 8.75. The van der Waals surface area contributed by atoms with Gasteiger partial charge in [-0.05, 0) is 56.7 Å². The lowest BCUT2D eigenvalue weighted by Gasteiger charge is -2.32. The van der Waals surface area contributed by atoms with Crippen molar-refractivity contribution in [2.45, 2.75) is 63.8 Å². The molecule has 3 amide bonds. The molecule has 156 valence electrons. The summed E-state index contributed by atoms with van der Waals surface area (Å²) in [6.07, 6.45) is 9.00. The minimum absolute atomic E-state index is 0.0648. The monoisotopic (exact) mass is 397 g/mol. The first-order chi connectivity index (χ1) is 14.1. The zero-order chi connectivity index (χ0) is 20.2. The van der Waals surface area contributed by atoms with Gasteiger partial charge in [-0.15, -0.1) is 0 Å². The van der Waals surface area contributed by atoms with Crippen molar-refractivity contribution in [3.05, 3.63) is 29.8 Å². The lowest BCUT2D eigenvalue weighted by atomic mass is 9.88. The summed E-state index contributed by atoms with van der Waals surface area (Å²) in [4.78, 5) is 39.2. The number of hydrogen-bond acceptors (Lipinski definition) is 3. The van der Waals surface area contributed by atoms with Gasteiger partial charge in [0.15, 0.2) is 0 Å². The normalized spacial score (nSPS) is 20.9. The lowest BCUT2D eigenvalue weighted by Crippen LogP contribution is -2.47. The third-order valence-electron chi connectivity index (χ3n) is 6.44. The Balaban J connectivity index is 1.28. The molecule has 29 heavy (non-hydrogen) atoms. The van der Waals surface area contributed by atoms with Gasteiger partial charge in [0.1, 0.15) is 0 Å². The molecule has 0 unspecified atom stereocenters. The molecule has 6 nitrogen and oxygen atoms in total. The third-order valence-corrected chi connectivity index (χ3v) is 6.44. The second-order valence-corrected chi connectivity index (χ2v) is 8.75. The molecule has 1 saturated heterocycles. The molecule has 1 aliphatic heterocycles. The fourth-order valence-electron chi connectivity index (χ4n) is 4.45. The van der Waals surface area contributed by atoms with Gasteiger partial charge >= 0.3 is 0 Å². The average Bonchev–Trinajstić information content (AvgIpc) is 3.60. The van der Waals surface area contributed by atoms with Gasteiger partial charge in [-0.2, -0.15) is 0 Å². The third kappa shape index (κ3) is 5.17. The minimum atomic E-state index is -0.120. The molecule has 1 aromatic rings. The SMILES string of the molecule is O=C(NC1CCN(C(=O)C2CC2)CC1)c1cccc(NC(=O)C2CCCCC2)c1. The highest BCUT2D eigenvalue weighted by atomic mass is 16.2. The molecule has 6 heteroatoms. The molecule has 1 heterocycles. The van der Waals surface area contributed by atoms with Crippen LogP contribution in [0.4, 0.5) is 5.69 Å². The van der Waals surface area contributed by atoms with Crippen LogP contribution in [0.5, 0.6) is 0 Å². The maximum Gasteiger partial charge on any atom is 0.251 e. The van der Waals surface area contributed by atoms with E-state index < -0.39 is 0 Å². The van der Waals surface area contributed by atoms with Crippen molar-refractivity contribution in [3.63, 3.8) is 0 Å². The Labute approximate surface area is 172 Å². The number of amides is 3. The topological polar surface area (TPSA) is 78.5 Å². The Morgan fingerprint density at radius 1 is 0.862 bits per heavy atom. The van der Waals surface area contributed by atoms with Gasteiger partial charge in [-0.3, -0.25) is 14.4 Å². The van der Waals surface area contributed by atoms with Gasteiger partial charge in [0.05, 0.1) is 0 Å². The van der Waals surface area contributed by atoms with Gasteiger partial charge in [-0.1, -0.05) is 25.3 Å². The fraction of sp³-hybridized carbons (Fsp3) is 0.609. The Hall–Kier alpha value is -2.37. The summed E-state index contributed by atoms with van der Waals surface area (Å²) in [5.41, 5.74) is 1.24. The number of piperidine rings is 1. The molecule has 0 radical (unpaired) electrons. The summed E-state index contributed by atoms with van der Waals surface area (Å²) >= 11 is 0. The maximum absolute atomic E-state index is 12.7. The Kier molecular flexibility index (Phi) is 6.16. The number of anilines is 1. The Morgan fingerprint density at radius 3 is 2.28 bits per heavy atom. The van der Waals surface area contributed by atoms with Gasteiger partial charge in [0, 0.05) is 42.2 Å². The number of nitrogens with one attached hydrogen (secondary N) is 2. The van der Waals surface area contributed by atoms with Crippen LogP contribution in [0.15, 0.2) is 24.3 Å². The van der Waals surface area contributed by atoms with Crippen molar-refractivity contribution in [2.24, 2.45) is 11.8 Å². The standard InChI is InChI=1S/C23H31N3O3/c27-21(16-5-2-1-3-6-16)25-20-8-4-7-18(15-20)22(28)24-19-11-13-26(14-12-19)23(29)17-9-10-17/h4,7-8,15-17,19H,1-3,5-6,9-14H2,(H,24,28)(H,25,27). The second kappa shape index (κ2) is 8.97. The number of likely N-dealkylation sites (tertiary alicyclic amines) is 1. The van der Waals surface area contributed by atoms with Gasteiger partial charge < -0.3 is 15.5 Å². The van der Waals surface area contributed by atoms with E-state index in [-0.39, 0.29) is 35.6 Å². The predicted octanol–water partition coefficient (Wildman–Crippen LogP) is 3.34. The van der Waals surface area contributed by atoms with Crippen molar-refractivity contribution in [1.82, 2.24) is 10.2 Å². The van der Waals surface area contributed by atoms with Crippen molar-refractivity contribution in [2.75, 3.05) is 18.4 Å². The van der Waals surface area contributed by atoms with Crippen LogP contribution in [0.1, 0.15) is 68.1 Å². The van der Waals surface area contributed by atoms with Crippen LogP contribution in [0, 0.1) is 11.8 Å². The highest BCUT2D eigenvalue weighted by molar-refractivity contribution is 5.97. The predicted molar refractivity (Wildman–Crippen MR) is 111 cm³/mol. The molecule has 0 aromatic heterocycles. The number of carbonyl (C=O) groups is 3. The van der Waals surface area contributed by atoms with Crippen molar-refractivity contribution in [1.29, 1.82) is 0 Å². The van der Waals surface area contributed by atoms with Crippen LogP contribution >= 0.6 is 0 Å².